The number of aryl methyl sites for hydroxylation is 1. The SMILES string of the molecule is O=C(/C=C/c1ccc(Br)cc1)NNC(=O)CN1CCCc2ccccc21. The summed E-state index contributed by atoms with van der Waals surface area (Å²) in [6.45, 7) is 1.05. The van der Waals surface area contributed by atoms with E-state index in [9.17, 15) is 9.59 Å². The van der Waals surface area contributed by atoms with E-state index in [4.69, 9.17) is 0 Å². The van der Waals surface area contributed by atoms with E-state index in [1.54, 1.807) is 6.08 Å². The fourth-order valence-electron chi connectivity index (χ4n) is 2.91. The number of hydrogen-bond acceptors (Lipinski definition) is 3. The van der Waals surface area contributed by atoms with Gasteiger partial charge in [0, 0.05) is 22.8 Å². The zero-order valence-corrected chi connectivity index (χ0v) is 15.8. The maximum Gasteiger partial charge on any atom is 0.262 e. The van der Waals surface area contributed by atoms with E-state index in [-0.39, 0.29) is 18.4 Å². The van der Waals surface area contributed by atoms with Crippen molar-refractivity contribution in [2.75, 3.05) is 18.0 Å². The van der Waals surface area contributed by atoms with Gasteiger partial charge >= 0.3 is 0 Å². The predicted octanol–water partition coefficient (Wildman–Crippen LogP) is 3.06. The molecule has 2 amide bonds. The Labute approximate surface area is 161 Å². The van der Waals surface area contributed by atoms with Crippen molar-refractivity contribution in [2.24, 2.45) is 0 Å². The van der Waals surface area contributed by atoms with Crippen LogP contribution in [0, 0.1) is 0 Å². The lowest BCUT2D eigenvalue weighted by Gasteiger charge is -2.30. The molecule has 0 fully saturated rings. The third-order valence-corrected chi connectivity index (χ3v) is 4.69. The van der Waals surface area contributed by atoms with Gasteiger partial charge in [-0.25, -0.2) is 0 Å². The standard InChI is InChI=1S/C20H20BrN3O2/c21-17-10-7-15(8-11-17)9-12-19(25)22-23-20(26)14-24-13-3-5-16-4-1-2-6-18(16)24/h1-2,4,6-12H,3,5,13-14H2,(H,22,25)(H,23,26)/b12-9+. The number of nitrogens with one attached hydrogen (secondary N) is 2. The summed E-state index contributed by atoms with van der Waals surface area (Å²) in [5.41, 5.74) is 8.14. The van der Waals surface area contributed by atoms with Crippen molar-refractivity contribution in [1.29, 1.82) is 0 Å². The fourth-order valence-corrected chi connectivity index (χ4v) is 3.17. The number of halogens is 1. The average molecular weight is 414 g/mol. The van der Waals surface area contributed by atoms with Crippen LogP contribution < -0.4 is 15.8 Å². The number of benzene rings is 2. The van der Waals surface area contributed by atoms with Crippen LogP contribution in [-0.4, -0.2) is 24.9 Å². The van der Waals surface area contributed by atoms with Crippen LogP contribution in [0.4, 0.5) is 5.69 Å². The normalized spacial score (nSPS) is 13.3. The summed E-state index contributed by atoms with van der Waals surface area (Å²) in [5.74, 6) is -0.618. The Morgan fingerprint density at radius 2 is 1.85 bits per heavy atom. The van der Waals surface area contributed by atoms with Gasteiger partial charge in [-0.15, -0.1) is 0 Å². The van der Waals surface area contributed by atoms with Gasteiger partial charge < -0.3 is 4.90 Å². The minimum absolute atomic E-state index is 0.216. The molecule has 3 rings (SSSR count). The van der Waals surface area contributed by atoms with E-state index < -0.39 is 0 Å². The van der Waals surface area contributed by atoms with Gasteiger partial charge in [0.05, 0.1) is 6.54 Å². The van der Waals surface area contributed by atoms with Gasteiger partial charge in [-0.05, 0) is 48.2 Å². The molecule has 0 atom stereocenters. The Morgan fingerprint density at radius 3 is 2.65 bits per heavy atom. The summed E-state index contributed by atoms with van der Waals surface area (Å²) >= 11 is 3.36. The van der Waals surface area contributed by atoms with Crippen molar-refractivity contribution < 1.29 is 9.59 Å². The van der Waals surface area contributed by atoms with Crippen LogP contribution in [0.1, 0.15) is 17.5 Å². The molecule has 0 aromatic heterocycles. The van der Waals surface area contributed by atoms with Crippen LogP contribution in [0.15, 0.2) is 59.1 Å². The minimum Gasteiger partial charge on any atom is -0.362 e. The second kappa shape index (κ2) is 8.67. The van der Waals surface area contributed by atoms with Crippen molar-refractivity contribution >= 4 is 39.5 Å². The number of hydrogen-bond donors (Lipinski definition) is 2. The average Bonchev–Trinajstić information content (AvgIpc) is 2.66. The number of amides is 2. The van der Waals surface area contributed by atoms with Crippen LogP contribution in [0.2, 0.25) is 0 Å². The lowest BCUT2D eigenvalue weighted by molar-refractivity contribution is -0.125. The molecular formula is C20H20BrN3O2. The van der Waals surface area contributed by atoms with E-state index in [2.05, 4.69) is 32.8 Å². The van der Waals surface area contributed by atoms with Gasteiger partial charge in [0.25, 0.3) is 11.8 Å². The van der Waals surface area contributed by atoms with Gasteiger partial charge in [-0.3, -0.25) is 20.4 Å². The minimum atomic E-state index is -0.375. The molecule has 0 aliphatic carbocycles. The number of hydrazine groups is 1. The molecule has 26 heavy (non-hydrogen) atoms. The van der Waals surface area contributed by atoms with E-state index in [0.29, 0.717) is 0 Å². The molecule has 134 valence electrons. The lowest BCUT2D eigenvalue weighted by Crippen LogP contribution is -2.47. The molecule has 0 saturated heterocycles. The molecule has 0 unspecified atom stereocenters. The third-order valence-electron chi connectivity index (χ3n) is 4.16. The molecular weight excluding hydrogens is 394 g/mol. The molecule has 2 aromatic carbocycles. The number of anilines is 1. The van der Waals surface area contributed by atoms with Crippen molar-refractivity contribution in [3.63, 3.8) is 0 Å². The zero-order chi connectivity index (χ0) is 18.4. The second-order valence-electron chi connectivity index (χ2n) is 6.08. The van der Waals surface area contributed by atoms with E-state index >= 15 is 0 Å². The van der Waals surface area contributed by atoms with Crippen molar-refractivity contribution in [3.8, 4) is 0 Å². The van der Waals surface area contributed by atoms with Gasteiger partial charge in [-0.2, -0.15) is 0 Å². The molecule has 0 spiro atoms. The molecule has 2 N–H and O–H groups in total. The van der Waals surface area contributed by atoms with E-state index in [1.165, 1.54) is 11.6 Å². The quantitative estimate of drug-likeness (QED) is 0.597. The van der Waals surface area contributed by atoms with Crippen LogP contribution >= 0.6 is 15.9 Å². The molecule has 0 bridgehead atoms. The number of carbonyl (C=O) groups excluding carboxylic acids is 2. The molecule has 1 aliphatic rings. The molecule has 0 radical (unpaired) electrons. The largest absolute Gasteiger partial charge is 0.362 e. The molecule has 5 nitrogen and oxygen atoms in total. The number of nitrogens with zero attached hydrogens (tertiary/aromatic N) is 1. The summed E-state index contributed by atoms with van der Waals surface area (Å²) in [6, 6.07) is 15.7. The number of fused-ring (bicyclic) bond motifs is 1. The summed E-state index contributed by atoms with van der Waals surface area (Å²) in [4.78, 5) is 26.0. The third kappa shape index (κ3) is 4.95. The summed E-state index contributed by atoms with van der Waals surface area (Å²) < 4.78 is 0.977. The van der Waals surface area contributed by atoms with Gasteiger partial charge in [-0.1, -0.05) is 46.3 Å². The van der Waals surface area contributed by atoms with Crippen molar-refractivity contribution in [2.45, 2.75) is 12.8 Å². The van der Waals surface area contributed by atoms with E-state index in [0.717, 1.165) is 35.1 Å². The van der Waals surface area contributed by atoms with Crippen LogP contribution in [-0.2, 0) is 16.0 Å². The highest BCUT2D eigenvalue weighted by Gasteiger charge is 2.18. The maximum atomic E-state index is 12.1. The second-order valence-corrected chi connectivity index (χ2v) is 6.99. The first-order valence-electron chi connectivity index (χ1n) is 8.47. The Kier molecular flexibility index (Phi) is 6.07. The number of para-hydroxylation sites is 1. The molecule has 6 heteroatoms. The summed E-state index contributed by atoms with van der Waals surface area (Å²) in [5, 5.41) is 0. The first-order chi connectivity index (χ1) is 12.6. The first kappa shape index (κ1) is 18.2. The number of rotatable bonds is 4. The predicted molar refractivity (Wildman–Crippen MR) is 106 cm³/mol. The molecule has 2 aromatic rings. The first-order valence-corrected chi connectivity index (χ1v) is 9.26. The Morgan fingerprint density at radius 1 is 1.08 bits per heavy atom. The van der Waals surface area contributed by atoms with E-state index in [1.807, 2.05) is 47.4 Å². The summed E-state index contributed by atoms with van der Waals surface area (Å²) in [6.07, 6.45) is 5.13. The zero-order valence-electron chi connectivity index (χ0n) is 14.2. The highest BCUT2D eigenvalue weighted by atomic mass is 79.9. The Balaban J connectivity index is 1.48. The van der Waals surface area contributed by atoms with Gasteiger partial charge in [0.15, 0.2) is 0 Å². The van der Waals surface area contributed by atoms with Crippen molar-refractivity contribution in [3.05, 3.63) is 70.2 Å². The number of carbonyl (C=O) groups is 2. The monoisotopic (exact) mass is 413 g/mol. The maximum absolute atomic E-state index is 12.1. The van der Waals surface area contributed by atoms with Gasteiger partial charge in [0.1, 0.15) is 0 Å². The van der Waals surface area contributed by atoms with Crippen LogP contribution in [0.25, 0.3) is 6.08 Å². The van der Waals surface area contributed by atoms with Gasteiger partial charge in [0.2, 0.25) is 0 Å². The summed E-state index contributed by atoms with van der Waals surface area (Å²) in [7, 11) is 0. The Hall–Kier alpha value is -2.60. The highest BCUT2D eigenvalue weighted by molar-refractivity contribution is 9.10. The fraction of sp³-hybridized carbons (Fsp3) is 0.200. The van der Waals surface area contributed by atoms with Crippen LogP contribution in [0.5, 0.6) is 0 Å². The Bertz CT molecular complexity index is 818. The highest BCUT2D eigenvalue weighted by Crippen LogP contribution is 2.26. The molecule has 1 heterocycles. The van der Waals surface area contributed by atoms with Crippen LogP contribution in [0.3, 0.4) is 0 Å². The van der Waals surface area contributed by atoms with Crippen molar-refractivity contribution in [1.82, 2.24) is 10.9 Å². The molecule has 0 saturated carbocycles. The lowest BCUT2D eigenvalue weighted by atomic mass is 10.0. The smallest absolute Gasteiger partial charge is 0.262 e. The topological polar surface area (TPSA) is 61.4 Å². The molecule has 1 aliphatic heterocycles.